The molecular weight excluding hydrogens is 462 g/mol. The van der Waals surface area contributed by atoms with E-state index in [0.717, 1.165) is 19.3 Å². The van der Waals surface area contributed by atoms with Gasteiger partial charge in [0.25, 0.3) is 0 Å². The van der Waals surface area contributed by atoms with Crippen molar-refractivity contribution in [3.63, 3.8) is 0 Å². The van der Waals surface area contributed by atoms with Crippen LogP contribution in [0.15, 0.2) is 18.3 Å². The van der Waals surface area contributed by atoms with E-state index in [2.05, 4.69) is 10.3 Å². The summed E-state index contributed by atoms with van der Waals surface area (Å²) in [6, 6.07) is 0. The van der Waals surface area contributed by atoms with E-state index in [1.807, 2.05) is 0 Å². The Morgan fingerprint density at radius 1 is 1.17 bits per heavy atom. The lowest BCUT2D eigenvalue weighted by molar-refractivity contribution is -0.211. The van der Waals surface area contributed by atoms with E-state index >= 15 is 0 Å². The predicted octanol–water partition coefficient (Wildman–Crippen LogP) is 0.542. The second-order valence-corrected chi connectivity index (χ2v) is 9.10. The van der Waals surface area contributed by atoms with Crippen LogP contribution >= 0.6 is 0 Å². The molecule has 2 heterocycles. The first kappa shape index (κ1) is 26.9. The predicted molar refractivity (Wildman–Crippen MR) is 119 cm³/mol. The van der Waals surface area contributed by atoms with Crippen LogP contribution in [-0.2, 0) is 45.5 Å². The van der Waals surface area contributed by atoms with Gasteiger partial charge in [-0.15, -0.1) is 5.10 Å². The number of rotatable bonds is 10. The molecule has 1 saturated carbocycles. The molecule has 1 aliphatic carbocycles. The van der Waals surface area contributed by atoms with Gasteiger partial charge in [0, 0.05) is 13.8 Å². The summed E-state index contributed by atoms with van der Waals surface area (Å²) in [5.74, 6) is -1.62. The highest BCUT2D eigenvalue weighted by Gasteiger charge is 2.39. The molecule has 1 aliphatic heterocycles. The second kappa shape index (κ2) is 11.4. The third kappa shape index (κ3) is 7.17. The van der Waals surface area contributed by atoms with Crippen molar-refractivity contribution in [1.82, 2.24) is 15.0 Å². The van der Waals surface area contributed by atoms with E-state index in [-0.39, 0.29) is 13.2 Å². The summed E-state index contributed by atoms with van der Waals surface area (Å²) in [5, 5.41) is 29.9. The second-order valence-electron chi connectivity index (χ2n) is 9.10. The molecular formula is C23H33N3O9. The molecule has 12 nitrogen and oxygen atoms in total. The van der Waals surface area contributed by atoms with Gasteiger partial charge >= 0.3 is 11.9 Å². The Hall–Kier alpha value is -2.67. The number of ketones is 1. The van der Waals surface area contributed by atoms with Crippen LogP contribution in [0.4, 0.5) is 0 Å². The molecule has 1 aromatic rings. The van der Waals surface area contributed by atoms with Crippen molar-refractivity contribution in [3.8, 4) is 0 Å². The molecule has 12 heteroatoms. The van der Waals surface area contributed by atoms with Crippen molar-refractivity contribution in [2.24, 2.45) is 0 Å². The van der Waals surface area contributed by atoms with Crippen molar-refractivity contribution in [1.29, 1.82) is 0 Å². The summed E-state index contributed by atoms with van der Waals surface area (Å²) in [6.45, 7) is 2.86. The lowest BCUT2D eigenvalue weighted by Crippen LogP contribution is -2.48. The minimum Gasteiger partial charge on any atom is -0.463 e. The van der Waals surface area contributed by atoms with Crippen molar-refractivity contribution in [2.45, 2.75) is 89.1 Å². The van der Waals surface area contributed by atoms with Crippen LogP contribution in [-0.4, -0.2) is 80.2 Å². The number of carbonyl (C=O) groups excluding carboxylic acids is 3. The number of ether oxygens (including phenoxy) is 4. The third-order valence-electron chi connectivity index (χ3n) is 6.15. The zero-order valence-electron chi connectivity index (χ0n) is 20.2. The van der Waals surface area contributed by atoms with E-state index in [1.54, 1.807) is 0 Å². The number of hydrogen-bond donors (Lipinski definition) is 2. The molecule has 35 heavy (non-hydrogen) atoms. The molecule has 0 aromatic carbocycles. The Balaban J connectivity index is 1.65. The Kier molecular flexibility index (Phi) is 8.75. The third-order valence-corrected chi connectivity index (χ3v) is 6.15. The van der Waals surface area contributed by atoms with Crippen LogP contribution in [0.3, 0.4) is 0 Å². The van der Waals surface area contributed by atoms with Crippen LogP contribution in [0, 0.1) is 0 Å². The monoisotopic (exact) mass is 495 g/mol. The van der Waals surface area contributed by atoms with E-state index < -0.39 is 54.0 Å². The molecule has 0 spiro atoms. The zero-order valence-corrected chi connectivity index (χ0v) is 20.2. The fourth-order valence-electron chi connectivity index (χ4n) is 4.08. The van der Waals surface area contributed by atoms with Gasteiger partial charge in [-0.1, -0.05) is 24.5 Å². The number of nitrogens with zero attached hydrogens (tertiary/aromatic N) is 3. The number of esters is 2. The van der Waals surface area contributed by atoms with E-state index in [9.17, 15) is 24.6 Å². The molecule has 0 amide bonds. The van der Waals surface area contributed by atoms with Gasteiger partial charge in [0.2, 0.25) is 0 Å². The van der Waals surface area contributed by atoms with Gasteiger partial charge < -0.3 is 29.2 Å². The van der Waals surface area contributed by atoms with Gasteiger partial charge in [0.15, 0.2) is 17.7 Å². The molecule has 2 aliphatic rings. The SMILES string of the molecule is CC(=O)OC[C@H]1O[C@H](OCC(O)(Cn2cc(C3(O)CCCCC3)nn2)C(C)=O)C=C[C@@H]1OC(C)=O. The molecule has 0 radical (unpaired) electrons. The zero-order chi connectivity index (χ0) is 25.6. The molecule has 2 N–H and O–H groups in total. The Morgan fingerprint density at radius 3 is 2.51 bits per heavy atom. The van der Waals surface area contributed by atoms with E-state index in [4.69, 9.17) is 18.9 Å². The van der Waals surface area contributed by atoms with Gasteiger partial charge in [-0.2, -0.15) is 0 Å². The molecule has 194 valence electrons. The van der Waals surface area contributed by atoms with E-state index in [0.29, 0.717) is 18.5 Å². The van der Waals surface area contributed by atoms with Gasteiger partial charge in [0.1, 0.15) is 30.1 Å². The minimum absolute atomic E-state index is 0.181. The van der Waals surface area contributed by atoms with Crippen molar-refractivity contribution >= 4 is 17.7 Å². The average molecular weight is 496 g/mol. The highest BCUT2D eigenvalue weighted by atomic mass is 16.7. The smallest absolute Gasteiger partial charge is 0.303 e. The van der Waals surface area contributed by atoms with Crippen molar-refractivity contribution in [3.05, 3.63) is 24.0 Å². The summed E-state index contributed by atoms with van der Waals surface area (Å²) >= 11 is 0. The Bertz CT molecular complexity index is 940. The summed E-state index contributed by atoms with van der Waals surface area (Å²) in [4.78, 5) is 34.9. The Morgan fingerprint density at radius 2 is 1.89 bits per heavy atom. The van der Waals surface area contributed by atoms with Crippen molar-refractivity contribution in [2.75, 3.05) is 13.2 Å². The van der Waals surface area contributed by atoms with Gasteiger partial charge in [-0.25, -0.2) is 4.68 Å². The normalized spacial score (nSPS) is 25.5. The quantitative estimate of drug-likeness (QED) is 0.344. The summed E-state index contributed by atoms with van der Waals surface area (Å²) < 4.78 is 22.8. The minimum atomic E-state index is -1.95. The standard InChI is InChI=1S/C23H33N3O9/c1-15(27)23(31,13-26-11-20(24-25-26)22(30)9-5-4-6-10-22)14-33-21-8-7-18(34-17(3)29)19(35-21)12-32-16(2)28/h7-8,11,18-19,21,30-31H,4-6,9-10,12-14H2,1-3H3/t18-,19+,21-,23?/m0/s1. The summed E-state index contributed by atoms with van der Waals surface area (Å²) in [7, 11) is 0. The largest absolute Gasteiger partial charge is 0.463 e. The first-order chi connectivity index (χ1) is 16.5. The van der Waals surface area contributed by atoms with E-state index in [1.165, 1.54) is 43.8 Å². The number of Topliss-reactive ketones (excluding diaryl/α,β-unsaturated/α-hetero) is 1. The maximum absolute atomic E-state index is 12.3. The molecule has 1 aromatic heterocycles. The van der Waals surface area contributed by atoms with Crippen LogP contribution < -0.4 is 0 Å². The summed E-state index contributed by atoms with van der Waals surface area (Å²) in [5.41, 5.74) is -2.60. The molecule has 1 fully saturated rings. The van der Waals surface area contributed by atoms with Crippen LogP contribution in [0.5, 0.6) is 0 Å². The Labute approximate surface area is 203 Å². The lowest BCUT2D eigenvalue weighted by Gasteiger charge is -2.33. The number of aliphatic hydroxyl groups is 2. The molecule has 1 unspecified atom stereocenters. The molecule has 0 saturated heterocycles. The van der Waals surface area contributed by atoms with Gasteiger partial charge in [-0.3, -0.25) is 14.4 Å². The maximum atomic E-state index is 12.3. The first-order valence-electron chi connectivity index (χ1n) is 11.6. The van der Waals surface area contributed by atoms with Gasteiger partial charge in [0.05, 0.1) is 19.3 Å². The van der Waals surface area contributed by atoms with Crippen molar-refractivity contribution < 1.29 is 43.5 Å². The lowest BCUT2D eigenvalue weighted by atomic mass is 9.83. The molecule has 0 bridgehead atoms. The average Bonchev–Trinajstić information content (AvgIpc) is 3.26. The van der Waals surface area contributed by atoms with Crippen LogP contribution in [0.2, 0.25) is 0 Å². The summed E-state index contributed by atoms with van der Waals surface area (Å²) in [6.07, 6.45) is 5.92. The van der Waals surface area contributed by atoms with Crippen LogP contribution in [0.25, 0.3) is 0 Å². The first-order valence-corrected chi connectivity index (χ1v) is 11.6. The number of aromatic nitrogens is 3. The fourth-order valence-corrected chi connectivity index (χ4v) is 4.08. The highest BCUT2D eigenvalue weighted by molar-refractivity contribution is 5.84. The maximum Gasteiger partial charge on any atom is 0.303 e. The van der Waals surface area contributed by atoms with Gasteiger partial charge in [-0.05, 0) is 31.9 Å². The molecule has 4 atom stereocenters. The highest BCUT2D eigenvalue weighted by Crippen LogP contribution is 2.35. The fraction of sp³-hybridized carbons (Fsp3) is 0.696. The number of carbonyl (C=O) groups is 3. The molecule has 3 rings (SSSR count). The van der Waals surface area contributed by atoms with Crippen LogP contribution in [0.1, 0.15) is 58.6 Å². The topological polar surface area (TPSA) is 159 Å². The number of hydrogen-bond acceptors (Lipinski definition) is 11.